The van der Waals surface area contributed by atoms with Crippen molar-refractivity contribution in [2.75, 3.05) is 69.2 Å². The van der Waals surface area contributed by atoms with Crippen LogP contribution in [0.1, 0.15) is 48.1 Å². The van der Waals surface area contributed by atoms with Gasteiger partial charge >= 0.3 is 0 Å². The minimum atomic E-state index is -0.725. The largest absolute Gasteiger partial charge is 0.486 e. The van der Waals surface area contributed by atoms with Crippen molar-refractivity contribution in [2.45, 2.75) is 58.0 Å². The van der Waals surface area contributed by atoms with Gasteiger partial charge in [-0.15, -0.1) is 0 Å². The summed E-state index contributed by atoms with van der Waals surface area (Å²) in [4.78, 5) is 33.4. The van der Waals surface area contributed by atoms with E-state index in [0.717, 1.165) is 51.4 Å². The van der Waals surface area contributed by atoms with E-state index in [1.807, 2.05) is 6.07 Å². The molecule has 2 fully saturated rings. The van der Waals surface area contributed by atoms with Crippen LogP contribution in [-0.4, -0.2) is 112 Å². The molecule has 1 unspecified atom stereocenters. The van der Waals surface area contributed by atoms with Gasteiger partial charge in [-0.25, -0.2) is 9.97 Å². The maximum absolute atomic E-state index is 13.3. The van der Waals surface area contributed by atoms with Crippen molar-refractivity contribution < 1.29 is 23.8 Å². The van der Waals surface area contributed by atoms with Crippen LogP contribution in [0.3, 0.4) is 0 Å². The number of nitrogens with zero attached hydrogens (tertiary/aromatic N) is 6. The lowest BCUT2D eigenvalue weighted by atomic mass is 9.99. The van der Waals surface area contributed by atoms with Crippen molar-refractivity contribution in [3.63, 3.8) is 0 Å². The molecule has 5 heterocycles. The van der Waals surface area contributed by atoms with Gasteiger partial charge in [0.15, 0.2) is 12.2 Å². The maximum Gasteiger partial charge on any atom is 0.270 e. The predicted molar refractivity (Wildman–Crippen MR) is 168 cm³/mol. The topological polar surface area (TPSA) is 141 Å². The number of carbonyl (C=O) groups is 1. The Hall–Kier alpha value is -3.78. The molecule has 0 aliphatic carbocycles. The van der Waals surface area contributed by atoms with E-state index in [1.54, 1.807) is 12.3 Å². The third-order valence-corrected chi connectivity index (χ3v) is 8.55. The van der Waals surface area contributed by atoms with Gasteiger partial charge < -0.3 is 34.5 Å². The fourth-order valence-electron chi connectivity index (χ4n) is 5.84. The number of aliphatic hydroxyl groups excluding tert-OH is 1. The second-order valence-electron chi connectivity index (χ2n) is 13.0. The molecule has 13 heteroatoms. The Labute approximate surface area is 263 Å². The van der Waals surface area contributed by atoms with Gasteiger partial charge in [0.05, 0.1) is 31.6 Å². The number of β-amino-alcohol motifs (C(OH)–C–C–N with tert-alkyl or cyclic N) is 1. The highest BCUT2D eigenvalue weighted by atomic mass is 16.5. The lowest BCUT2D eigenvalue weighted by molar-refractivity contribution is 0.0209. The van der Waals surface area contributed by atoms with E-state index in [4.69, 9.17) is 18.9 Å². The summed E-state index contributed by atoms with van der Waals surface area (Å²) >= 11 is 0. The van der Waals surface area contributed by atoms with Gasteiger partial charge in [0.1, 0.15) is 23.9 Å². The molecular formula is C32H44N8O5. The Morgan fingerprint density at radius 3 is 2.64 bits per heavy atom. The molecule has 0 bridgehead atoms. The van der Waals surface area contributed by atoms with E-state index in [0.29, 0.717) is 43.9 Å². The van der Waals surface area contributed by atoms with Crippen LogP contribution in [0.15, 0.2) is 41.3 Å². The van der Waals surface area contributed by atoms with Crippen molar-refractivity contribution in [2.24, 2.45) is 0 Å². The van der Waals surface area contributed by atoms with Crippen LogP contribution < -0.4 is 20.3 Å². The fourth-order valence-corrected chi connectivity index (χ4v) is 5.84. The SMILES string of the molecule is CC(C)(C)N1CCN(c2nc(NC3COC3)cc(C(=O)NCC(O)CN3CCc4cc(OCc5cnco5)ccc4C3)n2)CC1. The van der Waals surface area contributed by atoms with Crippen LogP contribution in [0.25, 0.3) is 0 Å². The molecule has 1 atom stereocenters. The average Bonchev–Trinajstić information content (AvgIpc) is 3.54. The Bertz CT molecular complexity index is 1430. The number of benzene rings is 1. The highest BCUT2D eigenvalue weighted by molar-refractivity contribution is 5.93. The summed E-state index contributed by atoms with van der Waals surface area (Å²) in [6, 6.07) is 7.94. The lowest BCUT2D eigenvalue weighted by Gasteiger charge is -2.42. The van der Waals surface area contributed by atoms with Crippen molar-refractivity contribution in [3.05, 3.63) is 59.4 Å². The van der Waals surface area contributed by atoms with Crippen LogP contribution in [0.5, 0.6) is 5.75 Å². The minimum Gasteiger partial charge on any atom is -0.486 e. The summed E-state index contributed by atoms with van der Waals surface area (Å²) in [5, 5.41) is 17.1. The van der Waals surface area contributed by atoms with E-state index < -0.39 is 6.10 Å². The highest BCUT2D eigenvalue weighted by Gasteiger charge is 2.28. The molecule has 13 nitrogen and oxygen atoms in total. The Kier molecular flexibility index (Phi) is 9.50. The number of carbonyl (C=O) groups excluding carboxylic acids is 1. The number of aromatic nitrogens is 3. The second kappa shape index (κ2) is 13.7. The first-order valence-electron chi connectivity index (χ1n) is 15.7. The number of amides is 1. The third kappa shape index (κ3) is 8.09. The number of ether oxygens (including phenoxy) is 2. The first-order valence-corrected chi connectivity index (χ1v) is 15.7. The quantitative estimate of drug-likeness (QED) is 0.288. The third-order valence-electron chi connectivity index (χ3n) is 8.55. The number of nitrogens with one attached hydrogen (secondary N) is 2. The number of hydrogen-bond acceptors (Lipinski definition) is 12. The summed E-state index contributed by atoms with van der Waals surface area (Å²) in [6.45, 7) is 13.7. The van der Waals surface area contributed by atoms with Crippen molar-refractivity contribution in [1.29, 1.82) is 0 Å². The summed E-state index contributed by atoms with van der Waals surface area (Å²) in [7, 11) is 0. The van der Waals surface area contributed by atoms with E-state index in [9.17, 15) is 9.90 Å². The van der Waals surface area contributed by atoms with E-state index in [1.165, 1.54) is 17.5 Å². The van der Waals surface area contributed by atoms with Gasteiger partial charge in [0.2, 0.25) is 5.95 Å². The van der Waals surface area contributed by atoms with Crippen LogP contribution >= 0.6 is 0 Å². The summed E-state index contributed by atoms with van der Waals surface area (Å²) in [6.07, 6.45) is 3.16. The number of aliphatic hydroxyl groups is 1. The molecule has 45 heavy (non-hydrogen) atoms. The minimum absolute atomic E-state index is 0.0990. The van der Waals surface area contributed by atoms with Crippen LogP contribution in [0.2, 0.25) is 0 Å². The summed E-state index contributed by atoms with van der Waals surface area (Å²) in [5.41, 5.74) is 2.82. The molecule has 242 valence electrons. The molecule has 0 radical (unpaired) electrons. The average molecular weight is 621 g/mol. The predicted octanol–water partition coefficient (Wildman–Crippen LogP) is 1.92. The maximum atomic E-state index is 13.3. The number of piperazine rings is 1. The molecular weight excluding hydrogens is 576 g/mol. The molecule has 6 rings (SSSR count). The van der Waals surface area contributed by atoms with Crippen molar-refractivity contribution in [3.8, 4) is 5.75 Å². The number of fused-ring (bicyclic) bond motifs is 1. The summed E-state index contributed by atoms with van der Waals surface area (Å²) in [5.74, 6) is 2.28. The van der Waals surface area contributed by atoms with Crippen LogP contribution in [-0.2, 0) is 24.3 Å². The van der Waals surface area contributed by atoms with Crippen LogP contribution in [0.4, 0.5) is 11.8 Å². The Balaban J connectivity index is 1.02. The fraction of sp³-hybridized carbons (Fsp3) is 0.562. The molecule has 3 aromatic rings. The van der Waals surface area contributed by atoms with E-state index in [-0.39, 0.29) is 29.7 Å². The molecule has 3 aliphatic rings. The Morgan fingerprint density at radius 2 is 1.93 bits per heavy atom. The number of oxazole rings is 1. The van der Waals surface area contributed by atoms with Gasteiger partial charge in [-0.1, -0.05) is 6.07 Å². The smallest absolute Gasteiger partial charge is 0.270 e. The van der Waals surface area contributed by atoms with Crippen molar-refractivity contribution in [1.82, 2.24) is 30.1 Å². The zero-order chi connectivity index (χ0) is 31.4. The van der Waals surface area contributed by atoms with E-state index in [2.05, 4.69) is 68.2 Å². The number of anilines is 2. The monoisotopic (exact) mass is 620 g/mol. The molecule has 2 saturated heterocycles. The molecule has 0 spiro atoms. The second-order valence-corrected chi connectivity index (χ2v) is 13.0. The highest BCUT2D eigenvalue weighted by Crippen LogP contribution is 2.25. The van der Waals surface area contributed by atoms with Crippen LogP contribution in [0, 0.1) is 0 Å². The standard InChI is InChI=1S/C32H44N8O5/c1-32(2,3)40-10-8-39(9-11-40)31-36-28(13-29(37-31)35-24-18-43-19-24)30(42)34-14-25(41)17-38-7-6-22-12-26(5-4-23(22)16-38)44-20-27-15-33-21-45-27/h4-5,12-13,15,21,24-25,41H,6-11,14,16-20H2,1-3H3,(H,34,42)(H,35,36,37). The summed E-state index contributed by atoms with van der Waals surface area (Å²) < 4.78 is 16.4. The molecule has 3 aliphatic heterocycles. The molecule has 3 N–H and O–H groups in total. The first kappa shape index (κ1) is 31.2. The molecule has 1 aromatic carbocycles. The molecule has 2 aromatic heterocycles. The molecule has 1 amide bonds. The van der Waals surface area contributed by atoms with Crippen molar-refractivity contribution >= 4 is 17.7 Å². The zero-order valence-corrected chi connectivity index (χ0v) is 26.4. The zero-order valence-electron chi connectivity index (χ0n) is 26.4. The molecule has 0 saturated carbocycles. The Morgan fingerprint density at radius 1 is 1.11 bits per heavy atom. The lowest BCUT2D eigenvalue weighted by Crippen LogP contribution is -2.53. The van der Waals surface area contributed by atoms with E-state index >= 15 is 0 Å². The van der Waals surface area contributed by atoms with Gasteiger partial charge in [-0.2, -0.15) is 4.98 Å². The van der Waals surface area contributed by atoms with Gasteiger partial charge in [0, 0.05) is 64.0 Å². The number of hydrogen-bond donors (Lipinski definition) is 3. The van der Waals surface area contributed by atoms with Gasteiger partial charge in [0.25, 0.3) is 5.91 Å². The number of rotatable bonds is 11. The first-order chi connectivity index (χ1) is 21.7. The van der Waals surface area contributed by atoms with Gasteiger partial charge in [-0.3, -0.25) is 14.6 Å². The normalized spacial score (nSPS) is 18.6. The van der Waals surface area contributed by atoms with Gasteiger partial charge in [-0.05, 0) is 50.5 Å².